The largest absolute Gasteiger partial charge is 0.259 e. The minimum atomic E-state index is -0.483. The fourth-order valence-electron chi connectivity index (χ4n) is 0.853. The summed E-state index contributed by atoms with van der Waals surface area (Å²) in [4.78, 5) is 9.75. The second-order valence-electron chi connectivity index (χ2n) is 2.59. The Morgan fingerprint density at radius 3 is 2.46 bits per heavy atom. The minimum Gasteiger partial charge on any atom is -0.259 e. The number of hydrogen-bond acceptors (Lipinski definition) is 2. The van der Waals surface area contributed by atoms with E-state index < -0.39 is 4.92 Å². The van der Waals surface area contributed by atoms with Gasteiger partial charge in [-0.15, -0.1) is 0 Å². The molecule has 0 aliphatic heterocycles. The number of allylic oxidation sites excluding steroid dienone is 1. The van der Waals surface area contributed by atoms with E-state index in [9.17, 15) is 14.5 Å². The fourth-order valence-corrected chi connectivity index (χ4v) is 0.853. The minimum absolute atomic E-state index is 0.0339. The Morgan fingerprint density at radius 1 is 1.46 bits per heavy atom. The van der Waals surface area contributed by atoms with Gasteiger partial charge in [-0.2, -0.15) is 0 Å². The van der Waals surface area contributed by atoms with Crippen LogP contribution in [0.2, 0.25) is 0 Å². The van der Waals surface area contributed by atoms with Crippen LogP contribution < -0.4 is 0 Å². The van der Waals surface area contributed by atoms with Crippen LogP contribution in [0.3, 0.4) is 0 Å². The van der Waals surface area contributed by atoms with Crippen molar-refractivity contribution in [2.24, 2.45) is 0 Å². The third-order valence-electron chi connectivity index (χ3n) is 1.53. The van der Waals surface area contributed by atoms with E-state index in [0.717, 1.165) is 0 Å². The van der Waals surface area contributed by atoms with Crippen LogP contribution in [0.1, 0.15) is 12.5 Å². The highest BCUT2D eigenvalue weighted by molar-refractivity contribution is 5.50. The van der Waals surface area contributed by atoms with Gasteiger partial charge in [0.1, 0.15) is 5.82 Å². The molecule has 0 aromatic heterocycles. The van der Waals surface area contributed by atoms with Crippen LogP contribution in [-0.4, -0.2) is 4.92 Å². The molecule has 1 aromatic rings. The summed E-state index contributed by atoms with van der Waals surface area (Å²) in [5.41, 5.74) is 0.655. The van der Waals surface area contributed by atoms with Gasteiger partial charge in [-0.1, -0.05) is 12.1 Å². The van der Waals surface area contributed by atoms with Gasteiger partial charge in [-0.05, 0) is 17.7 Å². The number of nitrogens with zero attached hydrogens (tertiary/aromatic N) is 1. The Hall–Kier alpha value is -1.71. The number of nitro groups is 1. The summed E-state index contributed by atoms with van der Waals surface area (Å²) in [6, 6.07) is 5.50. The summed E-state index contributed by atoms with van der Waals surface area (Å²) in [5.74, 6) is -0.351. The molecule has 0 N–H and O–H groups in total. The molecule has 0 heterocycles. The molecule has 0 amide bonds. The fraction of sp³-hybridized carbons (Fsp3) is 0.111. The van der Waals surface area contributed by atoms with Gasteiger partial charge < -0.3 is 0 Å². The first-order chi connectivity index (χ1) is 6.09. The van der Waals surface area contributed by atoms with E-state index in [-0.39, 0.29) is 11.5 Å². The number of benzene rings is 1. The molecule has 1 rings (SSSR count). The van der Waals surface area contributed by atoms with Gasteiger partial charge in [0.2, 0.25) is 5.70 Å². The third kappa shape index (κ3) is 2.66. The first-order valence-electron chi connectivity index (χ1n) is 3.68. The molecule has 0 bridgehead atoms. The number of rotatable bonds is 2. The van der Waals surface area contributed by atoms with Crippen LogP contribution in [0, 0.1) is 15.9 Å². The van der Waals surface area contributed by atoms with E-state index in [0.29, 0.717) is 5.56 Å². The first kappa shape index (κ1) is 9.38. The zero-order chi connectivity index (χ0) is 9.84. The van der Waals surface area contributed by atoms with Crippen molar-refractivity contribution in [1.29, 1.82) is 0 Å². The van der Waals surface area contributed by atoms with Crippen molar-refractivity contribution in [3.05, 3.63) is 51.5 Å². The smallest absolute Gasteiger partial charge is 0.243 e. The Kier molecular flexibility index (Phi) is 2.74. The lowest BCUT2D eigenvalue weighted by molar-refractivity contribution is -0.422. The standard InChI is InChI=1S/C9H8FNO2/c1-7(11(12)13)6-8-2-4-9(10)5-3-8/h2-6H,1H3/b7-6+. The molecule has 0 aliphatic carbocycles. The Labute approximate surface area is 74.7 Å². The Balaban J connectivity index is 2.92. The molecule has 3 nitrogen and oxygen atoms in total. The van der Waals surface area contributed by atoms with Gasteiger partial charge >= 0.3 is 0 Å². The van der Waals surface area contributed by atoms with Crippen molar-refractivity contribution in [2.45, 2.75) is 6.92 Å². The van der Waals surface area contributed by atoms with Crippen molar-refractivity contribution in [3.63, 3.8) is 0 Å². The summed E-state index contributed by atoms with van der Waals surface area (Å²) < 4.78 is 12.4. The SMILES string of the molecule is C/C(=C\c1ccc(F)cc1)[N+](=O)[O-]. The predicted molar refractivity (Wildman–Crippen MR) is 47.0 cm³/mol. The molecular formula is C9H8FNO2. The zero-order valence-corrected chi connectivity index (χ0v) is 7.03. The third-order valence-corrected chi connectivity index (χ3v) is 1.53. The maximum atomic E-state index is 12.4. The summed E-state index contributed by atoms with van der Waals surface area (Å²) in [5, 5.41) is 10.2. The lowest BCUT2D eigenvalue weighted by Crippen LogP contribution is -1.92. The monoisotopic (exact) mass is 181 g/mol. The van der Waals surface area contributed by atoms with Gasteiger partial charge in [-0.3, -0.25) is 10.1 Å². The average Bonchev–Trinajstić information content (AvgIpc) is 2.08. The van der Waals surface area contributed by atoms with E-state index in [1.165, 1.54) is 37.3 Å². The van der Waals surface area contributed by atoms with E-state index in [2.05, 4.69) is 0 Å². The molecule has 68 valence electrons. The molecule has 0 fully saturated rings. The average molecular weight is 181 g/mol. The number of hydrogen-bond donors (Lipinski definition) is 0. The molecule has 0 saturated carbocycles. The van der Waals surface area contributed by atoms with Crippen LogP contribution in [0.15, 0.2) is 30.0 Å². The van der Waals surface area contributed by atoms with Gasteiger partial charge in [-0.25, -0.2) is 4.39 Å². The Bertz CT molecular complexity index is 343. The second-order valence-corrected chi connectivity index (χ2v) is 2.59. The molecule has 0 aliphatic rings. The highest BCUT2D eigenvalue weighted by Gasteiger charge is 2.01. The lowest BCUT2D eigenvalue weighted by Gasteiger charge is -1.92. The van der Waals surface area contributed by atoms with Gasteiger partial charge in [0, 0.05) is 13.0 Å². The molecule has 0 atom stereocenters. The van der Waals surface area contributed by atoms with Crippen LogP contribution in [-0.2, 0) is 0 Å². The maximum absolute atomic E-state index is 12.4. The zero-order valence-electron chi connectivity index (χ0n) is 7.03. The molecule has 0 spiro atoms. The normalized spacial score (nSPS) is 11.4. The highest BCUT2D eigenvalue weighted by atomic mass is 19.1. The van der Waals surface area contributed by atoms with Crippen molar-refractivity contribution in [1.82, 2.24) is 0 Å². The number of halogens is 1. The van der Waals surface area contributed by atoms with Crippen molar-refractivity contribution < 1.29 is 9.31 Å². The summed E-state index contributed by atoms with van der Waals surface area (Å²) in [6.07, 6.45) is 1.39. The van der Waals surface area contributed by atoms with Crippen LogP contribution >= 0.6 is 0 Å². The van der Waals surface area contributed by atoms with E-state index in [1.807, 2.05) is 0 Å². The molecule has 4 heteroatoms. The summed E-state index contributed by atoms with van der Waals surface area (Å²) >= 11 is 0. The second kappa shape index (κ2) is 3.80. The molecule has 0 saturated heterocycles. The molecule has 13 heavy (non-hydrogen) atoms. The van der Waals surface area contributed by atoms with Gasteiger partial charge in [0.05, 0.1) is 4.92 Å². The van der Waals surface area contributed by atoms with Crippen molar-refractivity contribution in [2.75, 3.05) is 0 Å². The van der Waals surface area contributed by atoms with E-state index in [1.54, 1.807) is 0 Å². The van der Waals surface area contributed by atoms with E-state index >= 15 is 0 Å². The van der Waals surface area contributed by atoms with Crippen LogP contribution in [0.5, 0.6) is 0 Å². The van der Waals surface area contributed by atoms with Crippen LogP contribution in [0.25, 0.3) is 6.08 Å². The summed E-state index contributed by atoms with van der Waals surface area (Å²) in [7, 11) is 0. The van der Waals surface area contributed by atoms with E-state index in [4.69, 9.17) is 0 Å². The molecule has 0 radical (unpaired) electrons. The quantitative estimate of drug-likeness (QED) is 0.519. The van der Waals surface area contributed by atoms with Crippen LogP contribution in [0.4, 0.5) is 4.39 Å². The van der Waals surface area contributed by atoms with Crippen molar-refractivity contribution in [3.8, 4) is 0 Å². The maximum Gasteiger partial charge on any atom is 0.243 e. The Morgan fingerprint density at radius 2 is 2.00 bits per heavy atom. The summed E-state index contributed by atoms with van der Waals surface area (Å²) in [6.45, 7) is 1.39. The molecular weight excluding hydrogens is 173 g/mol. The van der Waals surface area contributed by atoms with Crippen molar-refractivity contribution >= 4 is 6.08 Å². The molecule has 1 aromatic carbocycles. The highest BCUT2D eigenvalue weighted by Crippen LogP contribution is 2.07. The predicted octanol–water partition coefficient (Wildman–Crippen LogP) is 2.46. The lowest BCUT2D eigenvalue weighted by atomic mass is 10.2. The first-order valence-corrected chi connectivity index (χ1v) is 3.68. The topological polar surface area (TPSA) is 43.1 Å². The van der Waals surface area contributed by atoms with Gasteiger partial charge in [0.25, 0.3) is 0 Å². The van der Waals surface area contributed by atoms with Gasteiger partial charge in [0.15, 0.2) is 0 Å². The molecule has 0 unspecified atom stereocenters.